The zero-order valence-electron chi connectivity index (χ0n) is 23.4. The van der Waals surface area contributed by atoms with Crippen LogP contribution in [0.1, 0.15) is 53.0 Å². The molecule has 3 N–H and O–H groups in total. The summed E-state index contributed by atoms with van der Waals surface area (Å²) < 4.78 is 69.0. The standard InChI is InChI=1S/C30H29F4N5O3S2/c31-23-12-18(8-9-26(23)44(35)42)11-22-25(13-17-6-7-17)39(29-36-24(16-43-29)28(40)41)37-27(22)19-3-1-5-21(14-19)38-10-2-4-20(15-38)30(32,33)34/h1,3,5,8-9,12,14,16-17,20H,2,4,6-7,10-11,13,15H2,(H2,35,42)(H,40,41)/p+1. The van der Waals surface area contributed by atoms with Crippen LogP contribution in [0.4, 0.5) is 23.2 Å². The number of aromatic nitrogens is 3. The quantitative estimate of drug-likeness (QED) is 0.129. The number of hydrogen-bond acceptors (Lipinski definition) is 6. The van der Waals surface area contributed by atoms with Gasteiger partial charge in [0.25, 0.3) is 0 Å². The number of aromatic carboxylic acids is 1. The highest BCUT2D eigenvalue weighted by molar-refractivity contribution is 7.82. The first kappa shape index (κ1) is 30.4. The number of rotatable bonds is 9. The number of hydrogen-bond donors (Lipinski definition) is 2. The molecule has 14 heteroatoms. The first-order chi connectivity index (χ1) is 21.0. The van der Waals surface area contributed by atoms with E-state index in [0.717, 1.165) is 35.4 Å². The van der Waals surface area contributed by atoms with Crippen LogP contribution in [0, 0.1) is 17.7 Å². The average molecular weight is 649 g/mol. The lowest BCUT2D eigenvalue weighted by atomic mass is 9.95. The second kappa shape index (κ2) is 12.1. The summed E-state index contributed by atoms with van der Waals surface area (Å²) in [6.07, 6.45) is -0.823. The Morgan fingerprint density at radius 2 is 1.95 bits per heavy atom. The third-order valence-electron chi connectivity index (χ3n) is 8.16. The molecule has 6 rings (SSSR count). The van der Waals surface area contributed by atoms with E-state index < -0.39 is 34.9 Å². The van der Waals surface area contributed by atoms with Crippen molar-refractivity contribution >= 4 is 34.0 Å². The highest BCUT2D eigenvalue weighted by Crippen LogP contribution is 2.40. The van der Waals surface area contributed by atoms with E-state index in [-0.39, 0.29) is 30.0 Å². The van der Waals surface area contributed by atoms with E-state index in [1.54, 1.807) is 27.8 Å². The summed E-state index contributed by atoms with van der Waals surface area (Å²) in [5, 5.41) is 21.7. The summed E-state index contributed by atoms with van der Waals surface area (Å²) in [4.78, 5) is 17.6. The van der Waals surface area contributed by atoms with E-state index in [1.165, 1.54) is 17.5 Å². The Balaban J connectivity index is 1.46. The van der Waals surface area contributed by atoms with E-state index in [4.69, 9.17) is 10.2 Å². The number of carboxylic acids is 1. The monoisotopic (exact) mass is 648 g/mol. The molecule has 1 aliphatic carbocycles. The fourth-order valence-electron chi connectivity index (χ4n) is 5.70. The maximum absolute atomic E-state index is 14.8. The van der Waals surface area contributed by atoms with Crippen molar-refractivity contribution < 1.29 is 31.7 Å². The number of nitrogens with zero attached hydrogens (tertiary/aromatic N) is 4. The van der Waals surface area contributed by atoms with Gasteiger partial charge >= 0.3 is 12.1 Å². The molecule has 232 valence electrons. The first-order valence-electron chi connectivity index (χ1n) is 14.2. The lowest BCUT2D eigenvalue weighted by molar-refractivity contribution is -0.176. The Labute approximate surface area is 257 Å². The minimum absolute atomic E-state index is 0.0757. The molecule has 8 nitrogen and oxygen atoms in total. The maximum Gasteiger partial charge on any atom is 0.393 e. The van der Waals surface area contributed by atoms with Gasteiger partial charge in [0, 0.05) is 41.7 Å². The van der Waals surface area contributed by atoms with Gasteiger partial charge in [0.2, 0.25) is 10.0 Å². The van der Waals surface area contributed by atoms with Gasteiger partial charge in [-0.25, -0.2) is 18.9 Å². The number of carbonyl (C=O) groups is 1. The Morgan fingerprint density at radius 3 is 2.61 bits per heavy atom. The van der Waals surface area contributed by atoms with Crippen LogP contribution in [-0.2, 0) is 28.0 Å². The van der Waals surface area contributed by atoms with Crippen molar-refractivity contribution in [3.05, 3.63) is 76.2 Å². The number of thiol groups is 1. The second-order valence-electron chi connectivity index (χ2n) is 11.3. The minimum atomic E-state index is -4.27. The number of piperidine rings is 1. The molecule has 2 fully saturated rings. The van der Waals surface area contributed by atoms with Crippen molar-refractivity contribution in [2.45, 2.75) is 49.6 Å². The van der Waals surface area contributed by atoms with Gasteiger partial charge in [0.1, 0.15) is 0 Å². The molecular weight excluding hydrogens is 618 g/mol. The molecule has 44 heavy (non-hydrogen) atoms. The molecule has 2 aromatic carbocycles. The number of nitrogens with two attached hydrogens (primary N) is 1. The lowest BCUT2D eigenvalue weighted by Gasteiger charge is -2.35. The highest BCUT2D eigenvalue weighted by Gasteiger charge is 2.42. The van der Waals surface area contributed by atoms with Crippen molar-refractivity contribution in [1.82, 2.24) is 14.8 Å². The molecule has 2 atom stereocenters. The Bertz CT molecular complexity index is 1730. The van der Waals surface area contributed by atoms with Gasteiger partial charge in [-0.1, -0.05) is 22.4 Å². The Hall–Kier alpha value is -3.62. The van der Waals surface area contributed by atoms with Crippen molar-refractivity contribution in [2.75, 3.05) is 18.0 Å². The predicted octanol–water partition coefficient (Wildman–Crippen LogP) is 6.08. The minimum Gasteiger partial charge on any atom is -0.476 e. The molecular formula is C30H30F4N5O3S2+. The topological polar surface area (TPSA) is 114 Å². The fraction of sp³-hybridized carbons (Fsp3) is 0.367. The van der Waals surface area contributed by atoms with Crippen LogP contribution in [0.25, 0.3) is 16.4 Å². The van der Waals surface area contributed by atoms with Gasteiger partial charge in [-0.05, 0) is 67.9 Å². The highest BCUT2D eigenvalue weighted by atomic mass is 32.2. The van der Waals surface area contributed by atoms with Crippen molar-refractivity contribution in [1.29, 1.82) is 0 Å². The van der Waals surface area contributed by atoms with Gasteiger partial charge in [-0.2, -0.15) is 18.3 Å². The van der Waals surface area contributed by atoms with E-state index >= 15 is 0 Å². The van der Waals surface area contributed by atoms with Crippen LogP contribution in [0.2, 0.25) is 0 Å². The molecule has 1 saturated carbocycles. The van der Waals surface area contributed by atoms with Gasteiger partial charge in [-0.15, -0.1) is 16.5 Å². The maximum atomic E-state index is 14.8. The molecule has 2 unspecified atom stereocenters. The van der Waals surface area contributed by atoms with Crippen LogP contribution >= 0.6 is 11.3 Å². The van der Waals surface area contributed by atoms with E-state index in [1.807, 2.05) is 12.1 Å². The molecule has 2 aliphatic rings. The van der Waals surface area contributed by atoms with Gasteiger partial charge < -0.3 is 10.0 Å². The first-order valence-corrected chi connectivity index (χ1v) is 16.4. The SMILES string of the molecule is N[SH+](=O)c1ccc(Cc2c(-c3cccc(N4CCCC(C(F)(F)F)C4)c3)nn(-c3nc(C(=O)O)cs3)c2CC2CC2)cc1F. The van der Waals surface area contributed by atoms with Crippen LogP contribution in [-0.4, -0.2) is 45.1 Å². The van der Waals surface area contributed by atoms with E-state index in [9.17, 15) is 31.7 Å². The van der Waals surface area contributed by atoms with Gasteiger partial charge in [0.05, 0.1) is 17.3 Å². The molecule has 3 heterocycles. The number of anilines is 1. The van der Waals surface area contributed by atoms with Crippen LogP contribution in [0.5, 0.6) is 0 Å². The van der Waals surface area contributed by atoms with Crippen molar-refractivity contribution in [2.24, 2.45) is 17.0 Å². The van der Waals surface area contributed by atoms with Crippen LogP contribution < -0.4 is 10.0 Å². The molecule has 0 spiro atoms. The van der Waals surface area contributed by atoms with Crippen LogP contribution in [0.15, 0.2) is 52.7 Å². The largest absolute Gasteiger partial charge is 0.476 e. The van der Waals surface area contributed by atoms with E-state index in [2.05, 4.69) is 4.98 Å². The predicted molar refractivity (Wildman–Crippen MR) is 160 cm³/mol. The average Bonchev–Trinajstić information content (AvgIpc) is 3.54. The summed E-state index contributed by atoms with van der Waals surface area (Å²) >= 11 is 1.14. The molecule has 2 aromatic heterocycles. The van der Waals surface area contributed by atoms with Gasteiger partial charge in [-0.3, -0.25) is 0 Å². The molecule has 0 radical (unpaired) electrons. The smallest absolute Gasteiger partial charge is 0.393 e. The number of carboxylic acid groups (broad SMARTS) is 1. The van der Waals surface area contributed by atoms with Gasteiger partial charge in [0.15, 0.2) is 22.5 Å². The molecule has 0 bridgehead atoms. The summed E-state index contributed by atoms with van der Waals surface area (Å²) in [7, 11) is -2.36. The molecule has 4 aromatic rings. The van der Waals surface area contributed by atoms with Crippen LogP contribution in [0.3, 0.4) is 0 Å². The zero-order valence-corrected chi connectivity index (χ0v) is 25.1. The number of halogens is 4. The third kappa shape index (κ3) is 6.42. The molecule has 0 amide bonds. The lowest BCUT2D eigenvalue weighted by Crippen LogP contribution is -2.41. The normalized spacial score (nSPS) is 18.0. The Morgan fingerprint density at radius 1 is 1.16 bits per heavy atom. The number of alkyl halides is 3. The zero-order chi connectivity index (χ0) is 31.2. The molecule has 1 saturated heterocycles. The number of benzene rings is 2. The molecule has 1 aliphatic heterocycles. The number of thiazole rings is 1. The Kier molecular flexibility index (Phi) is 8.33. The van der Waals surface area contributed by atoms with Crippen molar-refractivity contribution in [3.8, 4) is 16.4 Å². The second-order valence-corrected chi connectivity index (χ2v) is 13.3. The fourth-order valence-corrected chi connectivity index (χ4v) is 6.97. The summed E-state index contributed by atoms with van der Waals surface area (Å²) in [6.45, 7) is 0.365. The summed E-state index contributed by atoms with van der Waals surface area (Å²) in [6, 6.07) is 11.6. The summed E-state index contributed by atoms with van der Waals surface area (Å²) in [5.41, 5.74) is 3.92. The van der Waals surface area contributed by atoms with E-state index in [0.29, 0.717) is 52.9 Å². The van der Waals surface area contributed by atoms with Crippen molar-refractivity contribution in [3.63, 3.8) is 0 Å². The summed E-state index contributed by atoms with van der Waals surface area (Å²) in [5.74, 6) is -2.85. The third-order valence-corrected chi connectivity index (χ3v) is 9.81.